The summed E-state index contributed by atoms with van der Waals surface area (Å²) in [4.78, 5) is 11.9. The van der Waals surface area contributed by atoms with Gasteiger partial charge >= 0.3 is 12.3 Å². The molecule has 0 bridgehead atoms. The van der Waals surface area contributed by atoms with Crippen LogP contribution < -0.4 is 11.1 Å². The minimum atomic E-state index is -4.55. The molecule has 0 saturated carbocycles. The molecule has 2 aromatic rings. The number of benzene rings is 1. The van der Waals surface area contributed by atoms with Gasteiger partial charge in [0.25, 0.3) is 0 Å². The fraction of sp³-hybridized carbons (Fsp3) is 0.333. The van der Waals surface area contributed by atoms with Crippen LogP contribution in [0.4, 0.5) is 29.3 Å². The molecule has 0 aliphatic carbocycles. The third-order valence-electron chi connectivity index (χ3n) is 2.92. The zero-order valence-electron chi connectivity index (χ0n) is 13.3. The maximum absolute atomic E-state index is 12.9. The van der Waals surface area contributed by atoms with Crippen molar-refractivity contribution >= 4 is 17.5 Å². The molecule has 1 heterocycles. The second kappa shape index (κ2) is 6.06. The van der Waals surface area contributed by atoms with Crippen LogP contribution in [0.25, 0.3) is 11.3 Å². The predicted octanol–water partition coefficient (Wildman–Crippen LogP) is 4.02. The van der Waals surface area contributed by atoms with E-state index in [0.29, 0.717) is 5.69 Å². The van der Waals surface area contributed by atoms with Crippen molar-refractivity contribution in [2.24, 2.45) is 0 Å². The van der Waals surface area contributed by atoms with Crippen molar-refractivity contribution < 1.29 is 22.7 Å². The molecule has 6 nitrogen and oxygen atoms in total. The number of nitrogen functional groups attached to an aromatic ring is 1. The lowest BCUT2D eigenvalue weighted by Crippen LogP contribution is -2.27. The topological polar surface area (TPSA) is 93.0 Å². The van der Waals surface area contributed by atoms with Crippen molar-refractivity contribution in [3.63, 3.8) is 0 Å². The summed E-state index contributed by atoms with van der Waals surface area (Å²) in [6, 6.07) is 2.93. The Balaban J connectivity index is 2.45. The first-order valence-corrected chi connectivity index (χ1v) is 6.98. The molecule has 0 aliphatic rings. The number of anilines is 2. The Morgan fingerprint density at radius 3 is 2.46 bits per heavy atom. The Bertz CT molecular complexity index is 748. The van der Waals surface area contributed by atoms with E-state index in [0.717, 1.165) is 12.1 Å². The molecule has 2 rings (SSSR count). The average Bonchev–Trinajstić information content (AvgIpc) is 2.81. The highest BCUT2D eigenvalue weighted by Gasteiger charge is 2.32. The van der Waals surface area contributed by atoms with Gasteiger partial charge in [-0.05, 0) is 32.9 Å². The Morgan fingerprint density at radius 2 is 1.96 bits per heavy atom. The van der Waals surface area contributed by atoms with Gasteiger partial charge in [-0.25, -0.2) is 4.79 Å². The molecule has 4 N–H and O–H groups in total. The first-order valence-electron chi connectivity index (χ1n) is 6.98. The van der Waals surface area contributed by atoms with Gasteiger partial charge in [-0.3, -0.25) is 10.4 Å². The zero-order valence-corrected chi connectivity index (χ0v) is 13.3. The van der Waals surface area contributed by atoms with E-state index in [1.165, 1.54) is 12.3 Å². The van der Waals surface area contributed by atoms with Crippen LogP contribution in [0.2, 0.25) is 0 Å². The number of aromatic amines is 1. The number of hydrogen-bond acceptors (Lipinski definition) is 4. The highest BCUT2D eigenvalue weighted by Crippen LogP contribution is 2.37. The van der Waals surface area contributed by atoms with Crippen LogP contribution in [0, 0.1) is 0 Å². The van der Waals surface area contributed by atoms with E-state index in [2.05, 4.69) is 15.5 Å². The quantitative estimate of drug-likeness (QED) is 0.768. The van der Waals surface area contributed by atoms with Gasteiger partial charge in [-0.1, -0.05) is 6.07 Å². The first kappa shape index (κ1) is 17.6. The van der Waals surface area contributed by atoms with Crippen LogP contribution in [-0.2, 0) is 10.9 Å². The van der Waals surface area contributed by atoms with Gasteiger partial charge in [0.1, 0.15) is 5.60 Å². The van der Waals surface area contributed by atoms with Crippen LogP contribution in [0.5, 0.6) is 0 Å². The molecular formula is C15H17F3N4O2. The summed E-state index contributed by atoms with van der Waals surface area (Å²) in [5.74, 6) is 0. The van der Waals surface area contributed by atoms with Crippen LogP contribution in [-0.4, -0.2) is 21.9 Å². The van der Waals surface area contributed by atoms with Gasteiger partial charge in [-0.15, -0.1) is 0 Å². The summed E-state index contributed by atoms with van der Waals surface area (Å²) in [5.41, 5.74) is 4.76. The Labute approximate surface area is 136 Å². The van der Waals surface area contributed by atoms with Crippen molar-refractivity contribution in [2.75, 3.05) is 11.1 Å². The summed E-state index contributed by atoms with van der Waals surface area (Å²) < 4.78 is 43.9. The number of hydrogen-bond donors (Lipinski definition) is 3. The Hall–Kier alpha value is -2.71. The molecule has 1 aromatic carbocycles. The van der Waals surface area contributed by atoms with Crippen LogP contribution >= 0.6 is 0 Å². The average molecular weight is 342 g/mol. The highest BCUT2D eigenvalue weighted by molar-refractivity contribution is 5.93. The first-order chi connectivity index (χ1) is 11.0. The molecule has 9 heteroatoms. The van der Waals surface area contributed by atoms with Crippen LogP contribution in [0.15, 0.2) is 24.4 Å². The normalized spacial score (nSPS) is 12.1. The smallest absolute Gasteiger partial charge is 0.416 e. The van der Waals surface area contributed by atoms with E-state index in [-0.39, 0.29) is 16.9 Å². The number of carbonyl (C=O) groups is 1. The minimum absolute atomic E-state index is 0.0879. The fourth-order valence-electron chi connectivity index (χ4n) is 1.97. The maximum atomic E-state index is 12.9. The monoisotopic (exact) mass is 342 g/mol. The number of alkyl halides is 3. The van der Waals surface area contributed by atoms with E-state index < -0.39 is 23.4 Å². The minimum Gasteiger partial charge on any atom is -0.444 e. The molecule has 0 atom stereocenters. The molecule has 0 fully saturated rings. The Morgan fingerprint density at radius 1 is 1.29 bits per heavy atom. The van der Waals surface area contributed by atoms with E-state index in [4.69, 9.17) is 10.5 Å². The van der Waals surface area contributed by atoms with Gasteiger partial charge in [0, 0.05) is 5.56 Å². The lowest BCUT2D eigenvalue weighted by molar-refractivity contribution is -0.137. The number of amides is 1. The highest BCUT2D eigenvalue weighted by atomic mass is 19.4. The van der Waals surface area contributed by atoms with Crippen molar-refractivity contribution in [1.82, 2.24) is 10.2 Å². The largest absolute Gasteiger partial charge is 0.444 e. The number of ether oxygens (including phenoxy) is 1. The summed E-state index contributed by atoms with van der Waals surface area (Å²) in [6.45, 7) is 4.94. The molecule has 130 valence electrons. The van der Waals surface area contributed by atoms with Gasteiger partial charge in [0.2, 0.25) is 0 Å². The second-order valence-corrected chi connectivity index (χ2v) is 6.09. The van der Waals surface area contributed by atoms with Gasteiger partial charge in [0.05, 0.1) is 28.8 Å². The van der Waals surface area contributed by atoms with Gasteiger partial charge in [-0.2, -0.15) is 18.3 Å². The van der Waals surface area contributed by atoms with Crippen molar-refractivity contribution in [3.05, 3.63) is 30.0 Å². The molecule has 0 aliphatic heterocycles. The van der Waals surface area contributed by atoms with Gasteiger partial charge < -0.3 is 10.5 Å². The third kappa shape index (κ3) is 4.18. The fourth-order valence-corrected chi connectivity index (χ4v) is 1.97. The SMILES string of the molecule is CC(C)(C)OC(=O)Nc1cc(C(F)(F)F)ccc1-c1[nH]ncc1N. The molecule has 0 radical (unpaired) electrons. The second-order valence-electron chi connectivity index (χ2n) is 6.09. The number of carbonyl (C=O) groups excluding carboxylic acids is 1. The number of halogens is 3. The van der Waals surface area contributed by atoms with E-state index >= 15 is 0 Å². The molecule has 0 saturated heterocycles. The molecule has 1 aromatic heterocycles. The van der Waals surface area contributed by atoms with Gasteiger partial charge in [0.15, 0.2) is 0 Å². The van der Waals surface area contributed by atoms with Crippen LogP contribution in [0.3, 0.4) is 0 Å². The van der Waals surface area contributed by atoms with Crippen molar-refractivity contribution in [2.45, 2.75) is 32.5 Å². The predicted molar refractivity (Wildman–Crippen MR) is 83.3 cm³/mol. The number of rotatable bonds is 2. The summed E-state index contributed by atoms with van der Waals surface area (Å²) in [6.07, 6.45) is -4.10. The molecule has 0 spiro atoms. The standard InChI is InChI=1S/C15H17F3N4O2/c1-14(2,3)24-13(23)21-11-6-8(15(16,17)18)4-5-9(11)12-10(19)7-20-22-12/h4-7H,19H2,1-3H3,(H,20,22)(H,21,23). The maximum Gasteiger partial charge on any atom is 0.416 e. The summed E-state index contributed by atoms with van der Waals surface area (Å²) >= 11 is 0. The van der Waals surface area contributed by atoms with E-state index in [1.807, 2.05) is 0 Å². The van der Waals surface area contributed by atoms with Crippen molar-refractivity contribution in [1.29, 1.82) is 0 Å². The number of aromatic nitrogens is 2. The molecule has 24 heavy (non-hydrogen) atoms. The lowest BCUT2D eigenvalue weighted by atomic mass is 10.0. The zero-order chi connectivity index (χ0) is 18.1. The lowest BCUT2D eigenvalue weighted by Gasteiger charge is -2.21. The number of H-pyrrole nitrogens is 1. The number of nitrogens with two attached hydrogens (primary N) is 1. The summed E-state index contributed by atoms with van der Waals surface area (Å²) in [7, 11) is 0. The number of nitrogens with one attached hydrogen (secondary N) is 2. The van der Waals surface area contributed by atoms with Crippen molar-refractivity contribution in [3.8, 4) is 11.3 Å². The van der Waals surface area contributed by atoms with E-state index in [9.17, 15) is 18.0 Å². The number of nitrogens with zero attached hydrogens (tertiary/aromatic N) is 1. The van der Waals surface area contributed by atoms with E-state index in [1.54, 1.807) is 20.8 Å². The van der Waals surface area contributed by atoms with Crippen LogP contribution in [0.1, 0.15) is 26.3 Å². The molecule has 1 amide bonds. The summed E-state index contributed by atoms with van der Waals surface area (Å²) in [5, 5.41) is 8.66. The third-order valence-corrected chi connectivity index (χ3v) is 2.92. The Kier molecular flexibility index (Phi) is 4.46. The molecule has 0 unspecified atom stereocenters. The molecular weight excluding hydrogens is 325 g/mol.